The first-order valence-corrected chi connectivity index (χ1v) is 12.5. The second kappa shape index (κ2) is 9.84. The number of amides is 1. The number of hydrogen-bond donors (Lipinski definition) is 1. The normalized spacial score (nSPS) is 12.2. The molecular formula is C24H30N4O4S. The molecule has 0 spiro atoms. The van der Waals surface area contributed by atoms with E-state index in [1.807, 2.05) is 55.5 Å². The first-order chi connectivity index (χ1) is 15.4. The minimum absolute atomic E-state index is 0.00798. The van der Waals surface area contributed by atoms with E-state index in [1.54, 1.807) is 0 Å². The summed E-state index contributed by atoms with van der Waals surface area (Å²) in [7, 11) is -3.58. The van der Waals surface area contributed by atoms with Crippen LogP contribution in [0.25, 0.3) is 11.4 Å². The molecule has 0 aliphatic heterocycles. The molecule has 0 saturated heterocycles. The highest BCUT2D eigenvalue weighted by atomic mass is 32.2. The van der Waals surface area contributed by atoms with Crippen molar-refractivity contribution in [1.29, 1.82) is 0 Å². The van der Waals surface area contributed by atoms with Gasteiger partial charge in [0.25, 0.3) is 0 Å². The van der Waals surface area contributed by atoms with Crippen LogP contribution in [0.2, 0.25) is 0 Å². The number of nitrogens with zero attached hydrogens (tertiary/aromatic N) is 3. The van der Waals surface area contributed by atoms with E-state index in [2.05, 4.69) is 36.2 Å². The first kappa shape index (κ1) is 24.6. The van der Waals surface area contributed by atoms with Crippen LogP contribution in [0, 0.1) is 6.92 Å². The first-order valence-electron chi connectivity index (χ1n) is 10.6. The summed E-state index contributed by atoms with van der Waals surface area (Å²) in [6.45, 7) is 8.20. The lowest BCUT2D eigenvalue weighted by molar-refractivity contribution is -0.121. The maximum Gasteiger partial charge on any atom is 0.246 e. The highest BCUT2D eigenvalue weighted by Gasteiger charge is 2.21. The number of carbonyl (C=O) groups excluding carboxylic acids is 1. The molecule has 8 nitrogen and oxygen atoms in total. The molecule has 33 heavy (non-hydrogen) atoms. The third-order valence-corrected chi connectivity index (χ3v) is 6.38. The standard InChI is InChI=1S/C24H30N4O4S/c1-17-6-8-18(9-7-17)15-28(33(5,30)31)16-21(29)25-14-22-26-23(27-32-22)19-10-12-20(13-11-19)24(2,3)4/h6-13H,14-16H2,1-5H3,(H,25,29). The monoisotopic (exact) mass is 470 g/mol. The molecule has 0 aliphatic rings. The number of benzene rings is 2. The molecule has 1 amide bonds. The maximum atomic E-state index is 12.4. The van der Waals surface area contributed by atoms with Crippen LogP contribution in [0.15, 0.2) is 53.1 Å². The zero-order valence-corrected chi connectivity index (χ0v) is 20.4. The van der Waals surface area contributed by atoms with Crippen LogP contribution in [0.5, 0.6) is 0 Å². The fourth-order valence-corrected chi connectivity index (χ4v) is 3.88. The third kappa shape index (κ3) is 6.97. The maximum absolute atomic E-state index is 12.4. The van der Waals surface area contributed by atoms with Gasteiger partial charge in [0.1, 0.15) is 0 Å². The lowest BCUT2D eigenvalue weighted by atomic mass is 9.87. The molecule has 0 atom stereocenters. The number of hydrogen-bond acceptors (Lipinski definition) is 6. The van der Waals surface area contributed by atoms with Crippen LogP contribution in [0.3, 0.4) is 0 Å². The van der Waals surface area contributed by atoms with Crippen molar-refractivity contribution in [2.45, 2.75) is 46.2 Å². The SMILES string of the molecule is Cc1ccc(CN(CC(=O)NCc2nc(-c3ccc(C(C)(C)C)cc3)no2)S(C)(=O)=O)cc1. The Hall–Kier alpha value is -3.04. The summed E-state index contributed by atoms with van der Waals surface area (Å²) in [6, 6.07) is 15.4. The van der Waals surface area contributed by atoms with E-state index in [1.165, 1.54) is 5.56 Å². The van der Waals surface area contributed by atoms with Crippen molar-refractivity contribution in [2.75, 3.05) is 12.8 Å². The second-order valence-corrected chi connectivity index (χ2v) is 11.1. The molecule has 0 saturated carbocycles. The molecule has 3 rings (SSSR count). The molecule has 1 aromatic heterocycles. The zero-order valence-electron chi connectivity index (χ0n) is 19.6. The van der Waals surface area contributed by atoms with E-state index in [0.29, 0.717) is 5.82 Å². The van der Waals surface area contributed by atoms with Crippen molar-refractivity contribution < 1.29 is 17.7 Å². The van der Waals surface area contributed by atoms with Gasteiger partial charge in [-0.1, -0.05) is 80.0 Å². The van der Waals surface area contributed by atoms with Gasteiger partial charge in [-0.25, -0.2) is 8.42 Å². The van der Waals surface area contributed by atoms with Crippen molar-refractivity contribution >= 4 is 15.9 Å². The summed E-state index contributed by atoms with van der Waals surface area (Å²) in [5.74, 6) is 0.210. The fourth-order valence-electron chi connectivity index (χ4n) is 3.14. The van der Waals surface area contributed by atoms with Crippen LogP contribution < -0.4 is 5.32 Å². The van der Waals surface area contributed by atoms with Gasteiger partial charge in [-0.05, 0) is 23.5 Å². The summed E-state index contributed by atoms with van der Waals surface area (Å²) in [6.07, 6.45) is 1.09. The molecule has 0 fully saturated rings. The van der Waals surface area contributed by atoms with E-state index < -0.39 is 15.9 Å². The molecular weight excluding hydrogens is 440 g/mol. The van der Waals surface area contributed by atoms with Gasteiger partial charge in [-0.3, -0.25) is 4.79 Å². The molecule has 1 heterocycles. The molecule has 176 valence electrons. The lowest BCUT2D eigenvalue weighted by Crippen LogP contribution is -2.39. The van der Waals surface area contributed by atoms with E-state index >= 15 is 0 Å². The Bertz CT molecular complexity index is 1190. The van der Waals surface area contributed by atoms with Crippen molar-refractivity contribution in [3.63, 3.8) is 0 Å². The lowest BCUT2D eigenvalue weighted by Gasteiger charge is -2.19. The predicted octanol–water partition coefficient (Wildman–Crippen LogP) is 3.42. The zero-order chi connectivity index (χ0) is 24.2. The number of carbonyl (C=O) groups is 1. The van der Waals surface area contributed by atoms with Gasteiger partial charge in [-0.2, -0.15) is 9.29 Å². The Morgan fingerprint density at radius 2 is 1.70 bits per heavy atom. The average Bonchev–Trinajstić information content (AvgIpc) is 3.21. The van der Waals surface area contributed by atoms with Gasteiger partial charge in [0.2, 0.25) is 27.6 Å². The second-order valence-electron chi connectivity index (χ2n) is 9.13. The molecule has 0 radical (unpaired) electrons. The smallest absolute Gasteiger partial charge is 0.246 e. The Morgan fingerprint density at radius 3 is 2.27 bits per heavy atom. The minimum Gasteiger partial charge on any atom is -0.346 e. The predicted molar refractivity (Wildman–Crippen MR) is 127 cm³/mol. The highest BCUT2D eigenvalue weighted by Crippen LogP contribution is 2.25. The number of sulfonamides is 1. The molecule has 0 aliphatic carbocycles. The van der Waals surface area contributed by atoms with E-state index in [4.69, 9.17) is 4.52 Å². The molecule has 0 bridgehead atoms. The quantitative estimate of drug-likeness (QED) is 0.541. The minimum atomic E-state index is -3.58. The summed E-state index contributed by atoms with van der Waals surface area (Å²) in [5.41, 5.74) is 3.93. The van der Waals surface area contributed by atoms with Gasteiger partial charge < -0.3 is 9.84 Å². The molecule has 9 heteroatoms. The van der Waals surface area contributed by atoms with E-state index in [-0.39, 0.29) is 30.9 Å². The van der Waals surface area contributed by atoms with Gasteiger partial charge in [-0.15, -0.1) is 0 Å². The Labute approximate surface area is 195 Å². The molecule has 1 N–H and O–H groups in total. The number of nitrogens with one attached hydrogen (secondary N) is 1. The Morgan fingerprint density at radius 1 is 1.06 bits per heavy atom. The number of rotatable bonds is 8. The largest absolute Gasteiger partial charge is 0.346 e. The summed E-state index contributed by atoms with van der Waals surface area (Å²) in [5, 5.41) is 6.62. The van der Waals surface area contributed by atoms with E-state index in [0.717, 1.165) is 27.3 Å². The van der Waals surface area contributed by atoms with Gasteiger partial charge in [0, 0.05) is 12.1 Å². The molecule has 3 aromatic rings. The number of aryl methyl sites for hydroxylation is 1. The Balaban J connectivity index is 1.59. The summed E-state index contributed by atoms with van der Waals surface area (Å²) < 4.78 is 30.7. The number of aromatic nitrogens is 2. The molecule has 2 aromatic carbocycles. The Kier molecular flexibility index (Phi) is 7.34. The average molecular weight is 471 g/mol. The van der Waals surface area contributed by atoms with Crippen LogP contribution >= 0.6 is 0 Å². The topological polar surface area (TPSA) is 105 Å². The molecule has 0 unspecified atom stereocenters. The van der Waals surface area contributed by atoms with Gasteiger partial charge >= 0.3 is 0 Å². The van der Waals surface area contributed by atoms with Crippen LogP contribution in [-0.2, 0) is 33.3 Å². The van der Waals surface area contributed by atoms with Crippen LogP contribution in [-0.4, -0.2) is 41.6 Å². The fraction of sp³-hybridized carbons (Fsp3) is 0.375. The van der Waals surface area contributed by atoms with Crippen molar-refractivity contribution in [1.82, 2.24) is 19.8 Å². The van der Waals surface area contributed by atoms with Gasteiger partial charge in [0.15, 0.2) is 0 Å². The third-order valence-electron chi connectivity index (χ3n) is 5.18. The van der Waals surface area contributed by atoms with Crippen molar-refractivity contribution in [2.24, 2.45) is 0 Å². The summed E-state index contributed by atoms with van der Waals surface area (Å²) >= 11 is 0. The van der Waals surface area contributed by atoms with E-state index in [9.17, 15) is 13.2 Å². The van der Waals surface area contributed by atoms with Crippen molar-refractivity contribution in [3.05, 3.63) is 71.1 Å². The van der Waals surface area contributed by atoms with Crippen molar-refractivity contribution in [3.8, 4) is 11.4 Å². The highest BCUT2D eigenvalue weighted by molar-refractivity contribution is 7.88. The van der Waals surface area contributed by atoms with Gasteiger partial charge in [0.05, 0.1) is 19.3 Å². The summed E-state index contributed by atoms with van der Waals surface area (Å²) in [4.78, 5) is 16.7. The van der Waals surface area contributed by atoms with Crippen LogP contribution in [0.4, 0.5) is 0 Å². The van der Waals surface area contributed by atoms with Crippen LogP contribution in [0.1, 0.15) is 43.4 Å².